The van der Waals surface area contributed by atoms with Gasteiger partial charge in [0.2, 0.25) is 5.91 Å². The zero-order chi connectivity index (χ0) is 23.9. The molecule has 0 bridgehead atoms. The molecule has 0 saturated carbocycles. The Kier molecular flexibility index (Phi) is 6.94. The number of amides is 3. The average Bonchev–Trinajstić information content (AvgIpc) is 2.74. The summed E-state index contributed by atoms with van der Waals surface area (Å²) in [6.45, 7) is 10.9. The zero-order valence-electron chi connectivity index (χ0n) is 18.7. The number of likely N-dealkylation sites (tertiary alicyclic amines) is 1. The van der Waals surface area contributed by atoms with Gasteiger partial charge in [0, 0.05) is 18.0 Å². The van der Waals surface area contributed by atoms with Crippen molar-refractivity contribution < 1.29 is 24.6 Å². The highest BCUT2D eigenvalue weighted by molar-refractivity contribution is 6.42. The molecule has 9 heteroatoms. The van der Waals surface area contributed by atoms with E-state index in [0.717, 1.165) is 5.56 Å². The third-order valence-corrected chi connectivity index (χ3v) is 6.93. The molecule has 1 heterocycles. The van der Waals surface area contributed by atoms with Gasteiger partial charge in [0.05, 0.1) is 10.0 Å². The van der Waals surface area contributed by atoms with Crippen molar-refractivity contribution in [3.8, 4) is 0 Å². The molecule has 1 aliphatic heterocycles. The Morgan fingerprint density at radius 1 is 1.10 bits per heavy atom. The number of carbonyl (C=O) groups excluding carboxylic acids is 1. The maximum Gasteiger partial charge on any atom is 0.417 e. The highest BCUT2D eigenvalue weighted by Gasteiger charge is 2.61. The summed E-state index contributed by atoms with van der Waals surface area (Å²) in [6.07, 6.45) is -2.98. The smallest absolute Gasteiger partial charge is 0.417 e. The summed E-state index contributed by atoms with van der Waals surface area (Å²) in [4.78, 5) is 40.1. The number of benzene rings is 1. The van der Waals surface area contributed by atoms with Gasteiger partial charge in [-0.1, -0.05) is 56.1 Å². The fraction of sp³-hybridized carbons (Fsp3) is 0.591. The highest BCUT2D eigenvalue weighted by atomic mass is 35.5. The second-order valence-electron chi connectivity index (χ2n) is 9.98. The van der Waals surface area contributed by atoms with E-state index in [-0.39, 0.29) is 23.8 Å². The van der Waals surface area contributed by atoms with E-state index in [1.807, 2.05) is 26.8 Å². The van der Waals surface area contributed by atoms with Gasteiger partial charge in [0.1, 0.15) is 5.54 Å². The van der Waals surface area contributed by atoms with E-state index < -0.39 is 34.6 Å². The first kappa shape index (κ1) is 25.3. The molecule has 1 aromatic rings. The highest BCUT2D eigenvalue weighted by Crippen LogP contribution is 2.47. The Bertz CT molecular complexity index is 877. The molecular weight excluding hydrogens is 443 g/mol. The van der Waals surface area contributed by atoms with Crippen molar-refractivity contribution in [2.75, 3.05) is 6.54 Å². The SMILES string of the molecule is CC(C)(C)N1CC(c2cccc(Cl)c2Cl)CC[C@@](N(C(=O)O)C(=O)O)(C(C)(C)C)C1=O. The molecule has 3 amide bonds. The van der Waals surface area contributed by atoms with Crippen LogP contribution in [0, 0.1) is 5.41 Å². The largest absolute Gasteiger partial charge is 0.464 e. The lowest BCUT2D eigenvalue weighted by atomic mass is 9.68. The summed E-state index contributed by atoms with van der Waals surface area (Å²) in [5, 5.41) is 20.4. The lowest BCUT2D eigenvalue weighted by Gasteiger charge is -2.50. The number of halogens is 2. The van der Waals surface area contributed by atoms with E-state index in [0.29, 0.717) is 16.5 Å². The topological polar surface area (TPSA) is 98.2 Å². The van der Waals surface area contributed by atoms with Gasteiger partial charge in [-0.3, -0.25) is 4.79 Å². The van der Waals surface area contributed by atoms with E-state index in [9.17, 15) is 24.6 Å². The molecular formula is C22H30Cl2N2O5. The van der Waals surface area contributed by atoms with Gasteiger partial charge in [-0.15, -0.1) is 0 Å². The first-order valence-electron chi connectivity index (χ1n) is 10.1. The van der Waals surface area contributed by atoms with Gasteiger partial charge in [-0.05, 0) is 50.7 Å². The van der Waals surface area contributed by atoms with Gasteiger partial charge < -0.3 is 15.1 Å². The second-order valence-corrected chi connectivity index (χ2v) is 10.8. The van der Waals surface area contributed by atoms with Gasteiger partial charge in [0.15, 0.2) is 0 Å². The molecule has 0 aromatic heterocycles. The first-order valence-corrected chi connectivity index (χ1v) is 10.8. The molecule has 1 aromatic carbocycles. The van der Waals surface area contributed by atoms with Crippen molar-refractivity contribution in [2.24, 2.45) is 5.41 Å². The molecule has 7 nitrogen and oxygen atoms in total. The van der Waals surface area contributed by atoms with Crippen LogP contribution >= 0.6 is 23.2 Å². The molecule has 0 spiro atoms. The third-order valence-electron chi connectivity index (χ3n) is 6.09. The van der Waals surface area contributed by atoms with Crippen molar-refractivity contribution in [1.29, 1.82) is 0 Å². The summed E-state index contributed by atoms with van der Waals surface area (Å²) in [7, 11) is 0. The minimum atomic E-state index is -1.81. The Morgan fingerprint density at radius 2 is 1.65 bits per heavy atom. The maximum absolute atomic E-state index is 14.0. The summed E-state index contributed by atoms with van der Waals surface area (Å²) < 4.78 is 0. The summed E-state index contributed by atoms with van der Waals surface area (Å²) >= 11 is 12.7. The lowest BCUT2D eigenvalue weighted by molar-refractivity contribution is -0.154. The molecule has 2 atom stereocenters. The number of hydrogen-bond donors (Lipinski definition) is 2. The van der Waals surface area contributed by atoms with Gasteiger partial charge in [-0.2, -0.15) is 4.90 Å². The molecule has 172 valence electrons. The van der Waals surface area contributed by atoms with Crippen molar-refractivity contribution in [3.63, 3.8) is 0 Å². The Morgan fingerprint density at radius 3 is 2.10 bits per heavy atom. The van der Waals surface area contributed by atoms with Crippen molar-refractivity contribution in [1.82, 2.24) is 9.80 Å². The zero-order valence-corrected chi connectivity index (χ0v) is 20.2. The normalized spacial score (nSPS) is 22.8. The van der Waals surface area contributed by atoms with Crippen LogP contribution in [0.25, 0.3) is 0 Å². The van der Waals surface area contributed by atoms with Crippen molar-refractivity contribution in [3.05, 3.63) is 33.8 Å². The standard InChI is InChI=1S/C22H30Cl2N2O5/c1-20(2,3)22(26(18(28)29)19(30)31)11-10-13(12-25(17(22)27)21(4,5)6)14-8-7-9-15(23)16(14)24/h7-9,13H,10-12H2,1-6H3,(H,28,29)(H,30,31)/t13?,22-/m0/s1. The van der Waals surface area contributed by atoms with Crippen LogP contribution in [-0.2, 0) is 4.79 Å². The Balaban J connectivity index is 2.77. The third kappa shape index (κ3) is 4.48. The van der Waals surface area contributed by atoms with Crippen LogP contribution in [0.1, 0.15) is 65.9 Å². The molecule has 2 N–H and O–H groups in total. The van der Waals surface area contributed by atoms with Gasteiger partial charge >= 0.3 is 12.2 Å². The summed E-state index contributed by atoms with van der Waals surface area (Å²) in [6, 6.07) is 5.28. The Hall–Kier alpha value is -1.99. The van der Waals surface area contributed by atoms with Crippen LogP contribution < -0.4 is 0 Å². The van der Waals surface area contributed by atoms with Gasteiger partial charge in [-0.25, -0.2) is 9.59 Å². The molecule has 0 radical (unpaired) electrons. The quantitative estimate of drug-likeness (QED) is 0.554. The number of rotatable bonds is 2. The average molecular weight is 473 g/mol. The van der Waals surface area contributed by atoms with E-state index in [1.165, 1.54) is 0 Å². The first-order chi connectivity index (χ1) is 14.1. The van der Waals surface area contributed by atoms with Crippen LogP contribution in [0.4, 0.5) is 9.59 Å². The number of imide groups is 1. The van der Waals surface area contributed by atoms with Crippen molar-refractivity contribution >= 4 is 41.3 Å². The fourth-order valence-corrected chi connectivity index (χ4v) is 4.89. The summed E-state index contributed by atoms with van der Waals surface area (Å²) in [5.74, 6) is -0.777. The molecule has 2 rings (SSSR count). The molecule has 1 aliphatic rings. The van der Waals surface area contributed by atoms with Crippen LogP contribution in [-0.4, -0.2) is 55.7 Å². The number of nitrogens with zero attached hydrogens (tertiary/aromatic N) is 2. The molecule has 0 aliphatic carbocycles. The van der Waals surface area contributed by atoms with Crippen LogP contribution in [0.2, 0.25) is 10.0 Å². The number of hydrogen-bond acceptors (Lipinski definition) is 3. The number of carbonyl (C=O) groups is 3. The molecule has 1 saturated heterocycles. The molecule has 1 fully saturated rings. The Labute approximate surface area is 192 Å². The minimum Gasteiger partial charge on any atom is -0.464 e. The lowest BCUT2D eigenvalue weighted by Crippen LogP contribution is -2.69. The van der Waals surface area contributed by atoms with Gasteiger partial charge in [0.25, 0.3) is 0 Å². The van der Waals surface area contributed by atoms with E-state index >= 15 is 0 Å². The van der Waals surface area contributed by atoms with Crippen LogP contribution in [0.15, 0.2) is 18.2 Å². The molecule has 31 heavy (non-hydrogen) atoms. The van der Waals surface area contributed by atoms with E-state index in [1.54, 1.807) is 37.8 Å². The minimum absolute atomic E-state index is 0.0218. The number of carboxylic acid groups (broad SMARTS) is 2. The predicted molar refractivity (Wildman–Crippen MR) is 120 cm³/mol. The molecule has 1 unspecified atom stereocenters. The second kappa shape index (κ2) is 8.51. The maximum atomic E-state index is 14.0. The van der Waals surface area contributed by atoms with Crippen LogP contribution in [0.3, 0.4) is 0 Å². The van der Waals surface area contributed by atoms with E-state index in [2.05, 4.69) is 0 Å². The van der Waals surface area contributed by atoms with E-state index in [4.69, 9.17) is 23.2 Å². The van der Waals surface area contributed by atoms with Crippen LogP contribution in [0.5, 0.6) is 0 Å². The predicted octanol–water partition coefficient (Wildman–Crippen LogP) is 5.94. The monoisotopic (exact) mass is 472 g/mol. The van der Waals surface area contributed by atoms with Crippen molar-refractivity contribution in [2.45, 2.75) is 71.4 Å². The fourth-order valence-electron chi connectivity index (χ4n) is 4.42. The summed E-state index contributed by atoms with van der Waals surface area (Å²) in [5.41, 5.74) is -2.75.